The molecule has 3 aliphatic heterocycles. The van der Waals surface area contributed by atoms with Gasteiger partial charge in [0.1, 0.15) is 12.3 Å². The smallest absolute Gasteiger partial charge is 0.325 e. The number of imide groups is 1. The van der Waals surface area contributed by atoms with Crippen LogP contribution in [0.1, 0.15) is 18.9 Å². The van der Waals surface area contributed by atoms with Gasteiger partial charge >= 0.3 is 6.03 Å². The van der Waals surface area contributed by atoms with Crippen LogP contribution < -0.4 is 20.3 Å². The quantitative estimate of drug-likeness (QED) is 0.659. The molecule has 1 atom stereocenters. The van der Waals surface area contributed by atoms with E-state index >= 15 is 0 Å². The third-order valence-electron chi connectivity index (χ3n) is 6.89. The van der Waals surface area contributed by atoms with Crippen molar-refractivity contribution in [2.45, 2.75) is 18.9 Å². The fourth-order valence-electron chi connectivity index (χ4n) is 4.94. The summed E-state index contributed by atoms with van der Waals surface area (Å²) in [4.78, 5) is 44.4. The van der Waals surface area contributed by atoms with E-state index in [2.05, 4.69) is 27.4 Å². The molecule has 0 aliphatic carbocycles. The molecule has 9 heteroatoms. The Morgan fingerprint density at radius 2 is 1.79 bits per heavy atom. The SMILES string of the molecule is CCN1CCN(c2ccc(NC(=O)CN3C(=O)N[C@]4(CCOc5ccccc54)C3=O)cc2)CC1. The van der Waals surface area contributed by atoms with Gasteiger partial charge in [0.25, 0.3) is 5.91 Å². The Hall–Kier alpha value is -3.59. The maximum atomic E-state index is 13.3. The molecular formula is C25H29N5O4. The second-order valence-corrected chi connectivity index (χ2v) is 8.84. The van der Waals surface area contributed by atoms with Crippen molar-refractivity contribution >= 4 is 29.2 Å². The van der Waals surface area contributed by atoms with Crippen LogP contribution in [0.5, 0.6) is 5.75 Å². The molecule has 1 spiro atoms. The predicted octanol–water partition coefficient (Wildman–Crippen LogP) is 2.00. The van der Waals surface area contributed by atoms with E-state index in [0.29, 0.717) is 30.0 Å². The molecule has 4 amide bonds. The van der Waals surface area contributed by atoms with E-state index in [1.807, 2.05) is 30.3 Å². The first kappa shape index (κ1) is 22.2. The van der Waals surface area contributed by atoms with Crippen molar-refractivity contribution in [2.75, 3.05) is 56.1 Å². The molecule has 0 bridgehead atoms. The first-order valence-corrected chi connectivity index (χ1v) is 11.7. The van der Waals surface area contributed by atoms with Crippen molar-refractivity contribution in [1.82, 2.24) is 15.1 Å². The van der Waals surface area contributed by atoms with Gasteiger partial charge in [-0.2, -0.15) is 0 Å². The third kappa shape index (κ3) is 3.96. The molecule has 2 N–H and O–H groups in total. The van der Waals surface area contributed by atoms with Crippen molar-refractivity contribution in [3.8, 4) is 5.75 Å². The molecule has 0 aromatic heterocycles. The summed E-state index contributed by atoms with van der Waals surface area (Å²) in [6.45, 7) is 7.23. The summed E-state index contributed by atoms with van der Waals surface area (Å²) in [7, 11) is 0. The standard InChI is InChI=1S/C25H29N5O4/c1-2-28-12-14-29(15-13-28)19-9-7-18(8-10-19)26-22(31)17-30-23(32)25(27-24(30)33)11-16-34-21-6-4-3-5-20(21)25/h3-10H,2,11-17H2,1H3,(H,26,31)(H,27,33)/t25-/m0/s1. The maximum Gasteiger partial charge on any atom is 0.325 e. The number of para-hydroxylation sites is 1. The van der Waals surface area contributed by atoms with Crippen LogP contribution in [0.15, 0.2) is 48.5 Å². The van der Waals surface area contributed by atoms with Gasteiger partial charge in [0, 0.05) is 49.5 Å². The van der Waals surface area contributed by atoms with Crippen LogP contribution in [0, 0.1) is 0 Å². The number of piperazine rings is 1. The number of nitrogens with one attached hydrogen (secondary N) is 2. The zero-order valence-corrected chi connectivity index (χ0v) is 19.3. The number of hydrogen-bond donors (Lipinski definition) is 2. The molecule has 2 fully saturated rings. The van der Waals surface area contributed by atoms with Gasteiger partial charge in [-0.05, 0) is 36.9 Å². The molecule has 9 nitrogen and oxygen atoms in total. The lowest BCUT2D eigenvalue weighted by atomic mass is 9.84. The van der Waals surface area contributed by atoms with Gasteiger partial charge < -0.3 is 25.2 Å². The fourth-order valence-corrected chi connectivity index (χ4v) is 4.94. The summed E-state index contributed by atoms with van der Waals surface area (Å²) in [6, 6.07) is 14.3. The van der Waals surface area contributed by atoms with Crippen molar-refractivity contribution in [3.63, 3.8) is 0 Å². The van der Waals surface area contributed by atoms with Gasteiger partial charge in [0.05, 0.1) is 6.61 Å². The Bertz CT molecular complexity index is 1100. The van der Waals surface area contributed by atoms with Crippen molar-refractivity contribution < 1.29 is 19.1 Å². The predicted molar refractivity (Wildman–Crippen MR) is 128 cm³/mol. The average molecular weight is 464 g/mol. The molecular weight excluding hydrogens is 434 g/mol. The van der Waals surface area contributed by atoms with E-state index in [-0.39, 0.29) is 6.54 Å². The summed E-state index contributed by atoms with van der Waals surface area (Å²) in [5.74, 6) is -0.278. The molecule has 2 aromatic rings. The molecule has 178 valence electrons. The molecule has 0 unspecified atom stereocenters. The van der Waals surface area contributed by atoms with E-state index in [1.54, 1.807) is 18.2 Å². The highest BCUT2D eigenvalue weighted by molar-refractivity contribution is 6.10. The van der Waals surface area contributed by atoms with E-state index in [4.69, 9.17) is 4.74 Å². The lowest BCUT2D eigenvalue weighted by molar-refractivity contribution is -0.135. The molecule has 2 aromatic carbocycles. The van der Waals surface area contributed by atoms with Crippen LogP contribution in [0.3, 0.4) is 0 Å². The Morgan fingerprint density at radius 1 is 1.06 bits per heavy atom. The summed E-state index contributed by atoms with van der Waals surface area (Å²) >= 11 is 0. The highest BCUT2D eigenvalue weighted by Crippen LogP contribution is 2.40. The number of benzene rings is 2. The Labute approximate surface area is 198 Å². The second kappa shape index (κ2) is 8.98. The first-order chi connectivity index (χ1) is 16.5. The van der Waals surface area contributed by atoms with E-state index in [0.717, 1.165) is 43.3 Å². The summed E-state index contributed by atoms with van der Waals surface area (Å²) < 4.78 is 5.65. The number of anilines is 2. The van der Waals surface area contributed by atoms with E-state index in [1.165, 1.54) is 0 Å². The second-order valence-electron chi connectivity index (χ2n) is 8.84. The lowest BCUT2D eigenvalue weighted by Crippen LogP contribution is -2.48. The van der Waals surface area contributed by atoms with Crippen molar-refractivity contribution in [3.05, 3.63) is 54.1 Å². The lowest BCUT2D eigenvalue weighted by Gasteiger charge is -2.35. The molecule has 3 heterocycles. The minimum atomic E-state index is -1.18. The molecule has 5 rings (SSSR count). The molecule has 3 aliphatic rings. The summed E-state index contributed by atoms with van der Waals surface area (Å²) in [6.07, 6.45) is 0.320. The van der Waals surface area contributed by atoms with Crippen LogP contribution in [0.2, 0.25) is 0 Å². The largest absolute Gasteiger partial charge is 0.493 e. The van der Waals surface area contributed by atoms with Gasteiger partial charge in [-0.1, -0.05) is 25.1 Å². The monoisotopic (exact) mass is 463 g/mol. The number of carbonyl (C=O) groups excluding carboxylic acids is 3. The van der Waals surface area contributed by atoms with Gasteiger partial charge in [0.2, 0.25) is 5.91 Å². The Morgan fingerprint density at radius 3 is 2.53 bits per heavy atom. The fraction of sp³-hybridized carbons (Fsp3) is 0.400. The van der Waals surface area contributed by atoms with Crippen LogP contribution in [-0.4, -0.2) is 73.5 Å². The average Bonchev–Trinajstić information content (AvgIpc) is 3.09. The van der Waals surface area contributed by atoms with Gasteiger partial charge in [-0.15, -0.1) is 0 Å². The normalized spacial score (nSPS) is 22.4. The zero-order chi connectivity index (χ0) is 23.7. The molecule has 34 heavy (non-hydrogen) atoms. The number of amides is 4. The summed E-state index contributed by atoms with van der Waals surface area (Å²) in [5.41, 5.74) is 1.18. The Balaban J connectivity index is 1.22. The van der Waals surface area contributed by atoms with Crippen LogP contribution in [0.4, 0.5) is 16.2 Å². The van der Waals surface area contributed by atoms with E-state index in [9.17, 15) is 14.4 Å². The zero-order valence-electron chi connectivity index (χ0n) is 19.3. The minimum absolute atomic E-state index is 0.308. The number of ether oxygens (including phenoxy) is 1. The minimum Gasteiger partial charge on any atom is -0.493 e. The number of urea groups is 1. The number of rotatable bonds is 5. The van der Waals surface area contributed by atoms with Crippen molar-refractivity contribution in [1.29, 1.82) is 0 Å². The molecule has 0 radical (unpaired) electrons. The Kier molecular flexibility index (Phi) is 5.87. The van der Waals surface area contributed by atoms with Crippen molar-refractivity contribution in [2.24, 2.45) is 0 Å². The van der Waals surface area contributed by atoms with E-state index < -0.39 is 23.4 Å². The number of fused-ring (bicyclic) bond motifs is 2. The molecule has 2 saturated heterocycles. The van der Waals surface area contributed by atoms with Crippen LogP contribution in [0.25, 0.3) is 0 Å². The summed E-state index contributed by atoms with van der Waals surface area (Å²) in [5, 5.41) is 5.62. The van der Waals surface area contributed by atoms with Gasteiger partial charge in [0.15, 0.2) is 5.54 Å². The number of carbonyl (C=O) groups is 3. The molecule has 0 saturated carbocycles. The maximum absolute atomic E-state index is 13.3. The number of likely N-dealkylation sites (N-methyl/N-ethyl adjacent to an activating group) is 1. The highest BCUT2D eigenvalue weighted by Gasteiger charge is 2.55. The highest BCUT2D eigenvalue weighted by atomic mass is 16.5. The van der Waals surface area contributed by atoms with Crippen LogP contribution >= 0.6 is 0 Å². The first-order valence-electron chi connectivity index (χ1n) is 11.7. The van der Waals surface area contributed by atoms with Gasteiger partial charge in [-0.25, -0.2) is 4.79 Å². The topological polar surface area (TPSA) is 94.2 Å². The number of hydrogen-bond acceptors (Lipinski definition) is 6. The van der Waals surface area contributed by atoms with Gasteiger partial charge in [-0.3, -0.25) is 14.5 Å². The third-order valence-corrected chi connectivity index (χ3v) is 6.89. The van der Waals surface area contributed by atoms with Crippen LogP contribution in [-0.2, 0) is 15.1 Å². The number of nitrogens with zero attached hydrogens (tertiary/aromatic N) is 3.